The van der Waals surface area contributed by atoms with E-state index in [1.807, 2.05) is 48.5 Å². The predicted octanol–water partition coefficient (Wildman–Crippen LogP) is 3.71. The zero-order valence-electron chi connectivity index (χ0n) is 14.6. The van der Waals surface area contributed by atoms with Gasteiger partial charge in [-0.1, -0.05) is 36.4 Å². The number of pyridine rings is 1. The van der Waals surface area contributed by atoms with Gasteiger partial charge < -0.3 is 9.64 Å². The van der Waals surface area contributed by atoms with Crippen LogP contribution in [0.15, 0.2) is 60.9 Å². The third-order valence-electron chi connectivity index (χ3n) is 4.51. The largest absolute Gasteiger partial charge is 0.445 e. The average molecular weight is 350 g/mol. The van der Waals surface area contributed by atoms with Crippen LogP contribution in [0.25, 0.3) is 6.08 Å². The Hall–Kier alpha value is -2.95. The number of hydrogen-bond acceptors (Lipinski definition) is 4. The molecular formula is C21H22N2O3. The fraction of sp³-hybridized carbons (Fsp3) is 0.286. The number of carbonyl (C=O) groups is 2. The van der Waals surface area contributed by atoms with E-state index in [1.54, 1.807) is 23.4 Å². The topological polar surface area (TPSA) is 59.5 Å². The molecule has 5 heteroatoms. The fourth-order valence-electron chi connectivity index (χ4n) is 2.95. The van der Waals surface area contributed by atoms with Crippen LogP contribution in [0.1, 0.15) is 24.0 Å². The van der Waals surface area contributed by atoms with Crippen LogP contribution < -0.4 is 0 Å². The molecule has 26 heavy (non-hydrogen) atoms. The van der Waals surface area contributed by atoms with Crippen molar-refractivity contribution >= 4 is 18.0 Å². The van der Waals surface area contributed by atoms with Crippen LogP contribution in [0.4, 0.5) is 4.79 Å². The van der Waals surface area contributed by atoms with Crippen molar-refractivity contribution < 1.29 is 14.3 Å². The summed E-state index contributed by atoms with van der Waals surface area (Å²) in [5, 5.41) is 0. The maximum absolute atomic E-state index is 12.3. The summed E-state index contributed by atoms with van der Waals surface area (Å²) in [6.07, 6.45) is 7.85. The number of ketones is 1. The van der Waals surface area contributed by atoms with Crippen LogP contribution in [0, 0.1) is 5.92 Å². The molecule has 2 heterocycles. The van der Waals surface area contributed by atoms with Gasteiger partial charge in [0.25, 0.3) is 0 Å². The van der Waals surface area contributed by atoms with Crippen LogP contribution in [0.2, 0.25) is 0 Å². The lowest BCUT2D eigenvalue weighted by Gasteiger charge is -2.30. The first-order valence-corrected chi connectivity index (χ1v) is 8.80. The molecule has 1 aromatic carbocycles. The summed E-state index contributed by atoms with van der Waals surface area (Å²) in [5.74, 6) is 0.0744. The van der Waals surface area contributed by atoms with Gasteiger partial charge in [0.15, 0.2) is 5.78 Å². The lowest BCUT2D eigenvalue weighted by molar-refractivity contribution is -0.119. The van der Waals surface area contributed by atoms with Gasteiger partial charge in [-0.2, -0.15) is 0 Å². The smallest absolute Gasteiger partial charge is 0.410 e. The lowest BCUT2D eigenvalue weighted by atomic mass is 9.92. The van der Waals surface area contributed by atoms with E-state index in [1.165, 1.54) is 0 Å². The van der Waals surface area contributed by atoms with Crippen LogP contribution in [0.3, 0.4) is 0 Å². The standard InChI is InChI=1S/C21H22N2O3/c24-20(7-6-17-8-12-22-13-9-17)19-10-14-23(15-11-19)21(25)26-16-18-4-2-1-3-5-18/h1-9,12-13,19H,10-11,14-16H2/b7-6-. The summed E-state index contributed by atoms with van der Waals surface area (Å²) in [7, 11) is 0. The maximum Gasteiger partial charge on any atom is 0.410 e. The van der Waals surface area contributed by atoms with E-state index in [0.29, 0.717) is 25.9 Å². The van der Waals surface area contributed by atoms with E-state index in [-0.39, 0.29) is 24.4 Å². The third-order valence-corrected chi connectivity index (χ3v) is 4.51. The molecular weight excluding hydrogens is 328 g/mol. The number of ether oxygens (including phenoxy) is 1. The van der Waals surface area contributed by atoms with Gasteiger partial charge in [0.1, 0.15) is 6.61 Å². The molecule has 1 aliphatic heterocycles. The second-order valence-electron chi connectivity index (χ2n) is 6.32. The Bertz CT molecular complexity index is 751. The molecule has 0 unspecified atom stereocenters. The Morgan fingerprint density at radius 3 is 2.46 bits per heavy atom. The van der Waals surface area contributed by atoms with Crippen molar-refractivity contribution in [3.8, 4) is 0 Å². The number of aromatic nitrogens is 1. The minimum absolute atomic E-state index is 0.0359. The molecule has 1 amide bonds. The second-order valence-corrected chi connectivity index (χ2v) is 6.32. The van der Waals surface area contributed by atoms with Gasteiger partial charge in [-0.3, -0.25) is 9.78 Å². The molecule has 1 saturated heterocycles. The first-order valence-electron chi connectivity index (χ1n) is 8.80. The van der Waals surface area contributed by atoms with E-state index in [9.17, 15) is 9.59 Å². The lowest BCUT2D eigenvalue weighted by Crippen LogP contribution is -2.40. The molecule has 3 rings (SSSR count). The molecule has 2 aromatic rings. The zero-order valence-corrected chi connectivity index (χ0v) is 14.6. The number of nitrogens with zero attached hydrogens (tertiary/aromatic N) is 2. The number of piperidine rings is 1. The van der Waals surface area contributed by atoms with Crippen molar-refractivity contribution in [1.29, 1.82) is 0 Å². The number of amides is 1. The summed E-state index contributed by atoms with van der Waals surface area (Å²) < 4.78 is 5.35. The van der Waals surface area contributed by atoms with E-state index in [2.05, 4.69) is 4.98 Å². The number of carbonyl (C=O) groups excluding carboxylic acids is 2. The van der Waals surface area contributed by atoms with E-state index >= 15 is 0 Å². The van der Waals surface area contributed by atoms with Crippen LogP contribution >= 0.6 is 0 Å². The monoisotopic (exact) mass is 350 g/mol. The number of rotatable bonds is 5. The molecule has 5 nitrogen and oxygen atoms in total. The quantitative estimate of drug-likeness (QED) is 0.771. The molecule has 0 saturated carbocycles. The Balaban J connectivity index is 1.44. The molecule has 0 radical (unpaired) electrons. The Labute approximate surface area is 153 Å². The van der Waals surface area contributed by atoms with Gasteiger partial charge in [0.2, 0.25) is 0 Å². The summed E-state index contributed by atoms with van der Waals surface area (Å²) in [6, 6.07) is 13.3. The molecule has 0 bridgehead atoms. The van der Waals surface area contributed by atoms with Gasteiger partial charge in [0.05, 0.1) is 0 Å². The molecule has 1 fully saturated rings. The summed E-state index contributed by atoms with van der Waals surface area (Å²) in [5.41, 5.74) is 1.92. The van der Waals surface area contributed by atoms with Gasteiger partial charge in [-0.05, 0) is 42.2 Å². The van der Waals surface area contributed by atoms with Crippen LogP contribution in [-0.4, -0.2) is 34.8 Å². The summed E-state index contributed by atoms with van der Waals surface area (Å²) in [6.45, 7) is 1.37. The third kappa shape index (κ3) is 5.02. The van der Waals surface area contributed by atoms with Crippen molar-refractivity contribution in [3.05, 3.63) is 72.1 Å². The average Bonchev–Trinajstić information content (AvgIpc) is 2.72. The molecule has 134 valence electrons. The van der Waals surface area contributed by atoms with Crippen molar-refractivity contribution in [2.45, 2.75) is 19.4 Å². The molecule has 0 atom stereocenters. The minimum atomic E-state index is -0.313. The number of likely N-dealkylation sites (tertiary alicyclic amines) is 1. The minimum Gasteiger partial charge on any atom is -0.445 e. The summed E-state index contributed by atoms with van der Waals surface area (Å²) in [4.78, 5) is 30.1. The van der Waals surface area contributed by atoms with Crippen molar-refractivity contribution in [1.82, 2.24) is 9.88 Å². The van der Waals surface area contributed by atoms with Crippen molar-refractivity contribution in [2.75, 3.05) is 13.1 Å². The van der Waals surface area contributed by atoms with Crippen LogP contribution in [0.5, 0.6) is 0 Å². The highest BCUT2D eigenvalue weighted by atomic mass is 16.6. The number of allylic oxidation sites excluding steroid dienone is 1. The molecule has 0 aliphatic carbocycles. The predicted molar refractivity (Wildman–Crippen MR) is 99.2 cm³/mol. The van der Waals surface area contributed by atoms with Crippen molar-refractivity contribution in [3.63, 3.8) is 0 Å². The zero-order chi connectivity index (χ0) is 18.2. The number of hydrogen-bond donors (Lipinski definition) is 0. The normalized spacial score (nSPS) is 15.2. The Kier molecular flexibility index (Phi) is 6.14. The first-order chi connectivity index (χ1) is 12.7. The van der Waals surface area contributed by atoms with Gasteiger partial charge >= 0.3 is 6.09 Å². The van der Waals surface area contributed by atoms with E-state index in [4.69, 9.17) is 4.74 Å². The van der Waals surface area contributed by atoms with Crippen LogP contribution in [-0.2, 0) is 16.1 Å². The van der Waals surface area contributed by atoms with E-state index < -0.39 is 0 Å². The first kappa shape index (κ1) is 17.9. The molecule has 1 aliphatic rings. The second kappa shape index (κ2) is 8.94. The van der Waals surface area contributed by atoms with E-state index in [0.717, 1.165) is 11.1 Å². The van der Waals surface area contributed by atoms with Crippen molar-refractivity contribution in [2.24, 2.45) is 5.92 Å². The van der Waals surface area contributed by atoms with Gasteiger partial charge in [-0.25, -0.2) is 4.79 Å². The Morgan fingerprint density at radius 2 is 1.77 bits per heavy atom. The SMILES string of the molecule is O=C(/C=C\c1ccncc1)C1CCN(C(=O)OCc2ccccc2)CC1. The Morgan fingerprint density at radius 1 is 1.08 bits per heavy atom. The van der Waals surface area contributed by atoms with Gasteiger partial charge in [0, 0.05) is 31.4 Å². The summed E-state index contributed by atoms with van der Waals surface area (Å²) >= 11 is 0. The molecule has 1 aromatic heterocycles. The number of benzene rings is 1. The molecule has 0 spiro atoms. The van der Waals surface area contributed by atoms with Gasteiger partial charge in [-0.15, -0.1) is 0 Å². The highest BCUT2D eigenvalue weighted by molar-refractivity contribution is 5.95. The fourth-order valence-corrected chi connectivity index (χ4v) is 2.95. The highest BCUT2D eigenvalue weighted by Crippen LogP contribution is 2.20. The maximum atomic E-state index is 12.3. The molecule has 0 N–H and O–H groups in total. The highest BCUT2D eigenvalue weighted by Gasteiger charge is 2.26.